The molecule has 0 fully saturated rings. The van der Waals surface area contributed by atoms with Gasteiger partial charge in [0.2, 0.25) is 10.0 Å². The molecule has 0 aromatic heterocycles. The van der Waals surface area contributed by atoms with Crippen LogP contribution < -0.4 is 10.0 Å². The first-order valence-corrected chi connectivity index (χ1v) is 8.22. The summed E-state index contributed by atoms with van der Waals surface area (Å²) in [5.74, 6) is 0.139. The molecule has 4 nitrogen and oxygen atoms in total. The average Bonchev–Trinajstić information content (AvgIpc) is 2.40. The highest BCUT2D eigenvalue weighted by atomic mass is 32.2. The molecule has 0 aliphatic rings. The van der Waals surface area contributed by atoms with Gasteiger partial charge in [0, 0.05) is 12.6 Å². The van der Waals surface area contributed by atoms with Crippen molar-refractivity contribution in [3.63, 3.8) is 0 Å². The molecule has 108 valence electrons. The fourth-order valence-corrected chi connectivity index (χ4v) is 3.75. The van der Waals surface area contributed by atoms with Crippen molar-refractivity contribution in [2.24, 2.45) is 0 Å². The van der Waals surface area contributed by atoms with E-state index in [-0.39, 0.29) is 12.0 Å². The Morgan fingerprint density at radius 3 is 2.37 bits per heavy atom. The van der Waals surface area contributed by atoms with Crippen LogP contribution in [0.4, 0.5) is 0 Å². The van der Waals surface area contributed by atoms with Crippen molar-refractivity contribution in [2.75, 3.05) is 13.6 Å². The number of sulfonamides is 1. The fraction of sp³-hybridized carbons (Fsp3) is 0.571. The summed E-state index contributed by atoms with van der Waals surface area (Å²) >= 11 is 0. The van der Waals surface area contributed by atoms with Crippen LogP contribution in [0.1, 0.15) is 38.7 Å². The van der Waals surface area contributed by atoms with Crippen LogP contribution in [-0.4, -0.2) is 28.1 Å². The maximum absolute atomic E-state index is 12.2. The molecule has 0 heterocycles. The second-order valence-electron chi connectivity index (χ2n) is 4.63. The van der Waals surface area contributed by atoms with Gasteiger partial charge in [0.25, 0.3) is 0 Å². The third-order valence-electron chi connectivity index (χ3n) is 3.45. The van der Waals surface area contributed by atoms with Gasteiger partial charge in [-0.25, -0.2) is 13.1 Å². The molecule has 0 amide bonds. The van der Waals surface area contributed by atoms with Crippen LogP contribution in [0, 0.1) is 0 Å². The first-order valence-electron chi connectivity index (χ1n) is 6.73. The Hall–Kier alpha value is -0.910. The second kappa shape index (κ2) is 7.03. The van der Waals surface area contributed by atoms with Crippen molar-refractivity contribution >= 4 is 10.0 Å². The number of hydrogen-bond donors (Lipinski definition) is 2. The largest absolute Gasteiger partial charge is 0.316 e. The van der Waals surface area contributed by atoms with E-state index in [4.69, 9.17) is 0 Å². The van der Waals surface area contributed by atoms with Crippen molar-refractivity contribution in [3.8, 4) is 0 Å². The lowest BCUT2D eigenvalue weighted by molar-refractivity contribution is 0.467. The molecule has 0 saturated heterocycles. The van der Waals surface area contributed by atoms with E-state index >= 15 is 0 Å². The Bertz CT molecular complexity index is 496. The van der Waals surface area contributed by atoms with Crippen LogP contribution in [0.5, 0.6) is 0 Å². The topological polar surface area (TPSA) is 58.2 Å². The molecule has 1 rings (SSSR count). The fourth-order valence-electron chi connectivity index (χ4n) is 2.39. The molecular weight excluding hydrogens is 260 g/mol. The first-order chi connectivity index (χ1) is 8.97. The zero-order chi connectivity index (χ0) is 14.5. The summed E-state index contributed by atoms with van der Waals surface area (Å²) in [5, 5.41) is 3.25. The van der Waals surface area contributed by atoms with Gasteiger partial charge in [0.1, 0.15) is 0 Å². The Labute approximate surface area is 116 Å². The maximum atomic E-state index is 12.2. The van der Waals surface area contributed by atoms with Gasteiger partial charge < -0.3 is 5.32 Å². The minimum atomic E-state index is -3.41. The van der Waals surface area contributed by atoms with Gasteiger partial charge in [-0.05, 0) is 31.0 Å². The summed E-state index contributed by atoms with van der Waals surface area (Å²) in [4.78, 5) is 0.387. The molecule has 19 heavy (non-hydrogen) atoms. The van der Waals surface area contributed by atoms with E-state index in [0.29, 0.717) is 11.4 Å². The minimum Gasteiger partial charge on any atom is -0.316 e. The van der Waals surface area contributed by atoms with Crippen LogP contribution in [0.15, 0.2) is 29.2 Å². The molecule has 0 aliphatic carbocycles. The van der Waals surface area contributed by atoms with Crippen LogP contribution in [0.25, 0.3) is 0 Å². The Balaban J connectivity index is 3.23. The van der Waals surface area contributed by atoms with Gasteiger partial charge in [0.05, 0.1) is 4.90 Å². The monoisotopic (exact) mass is 284 g/mol. The third kappa shape index (κ3) is 3.78. The number of rotatable bonds is 7. The van der Waals surface area contributed by atoms with Gasteiger partial charge in [-0.3, -0.25) is 0 Å². The van der Waals surface area contributed by atoms with E-state index in [2.05, 4.69) is 23.9 Å². The molecule has 1 aromatic rings. The summed E-state index contributed by atoms with van der Waals surface area (Å²) in [6.45, 7) is 6.34. The molecule has 0 bridgehead atoms. The molecule has 2 atom stereocenters. The molecule has 2 N–H and O–H groups in total. The van der Waals surface area contributed by atoms with Gasteiger partial charge in [0.15, 0.2) is 0 Å². The zero-order valence-electron chi connectivity index (χ0n) is 12.1. The van der Waals surface area contributed by atoms with Crippen molar-refractivity contribution in [1.82, 2.24) is 10.0 Å². The van der Waals surface area contributed by atoms with Crippen LogP contribution in [0.2, 0.25) is 0 Å². The Kier molecular flexibility index (Phi) is 5.97. The Morgan fingerprint density at radius 1 is 1.21 bits per heavy atom. The van der Waals surface area contributed by atoms with E-state index in [1.54, 1.807) is 19.1 Å². The molecule has 0 spiro atoms. The number of nitrogens with one attached hydrogen (secondary N) is 2. The lowest BCUT2D eigenvalue weighted by atomic mass is 9.92. The molecular formula is C14H24N2O2S. The smallest absolute Gasteiger partial charge is 0.240 e. The molecule has 0 saturated carbocycles. The maximum Gasteiger partial charge on any atom is 0.240 e. The molecule has 2 unspecified atom stereocenters. The van der Waals surface area contributed by atoms with Crippen molar-refractivity contribution in [1.29, 1.82) is 0 Å². The highest BCUT2D eigenvalue weighted by Crippen LogP contribution is 2.27. The van der Waals surface area contributed by atoms with E-state index < -0.39 is 10.0 Å². The van der Waals surface area contributed by atoms with Crippen LogP contribution >= 0.6 is 0 Å². The Morgan fingerprint density at radius 2 is 1.84 bits per heavy atom. The van der Waals surface area contributed by atoms with Gasteiger partial charge >= 0.3 is 0 Å². The lowest BCUT2D eigenvalue weighted by Gasteiger charge is -2.24. The van der Waals surface area contributed by atoms with Crippen molar-refractivity contribution in [3.05, 3.63) is 29.8 Å². The van der Waals surface area contributed by atoms with Gasteiger partial charge in [-0.15, -0.1) is 0 Å². The third-order valence-corrected chi connectivity index (χ3v) is 5.07. The number of likely N-dealkylation sites (N-methyl/N-ethyl adjacent to an activating group) is 1. The summed E-state index contributed by atoms with van der Waals surface area (Å²) in [6.07, 6.45) is 0.952. The number of benzene rings is 1. The normalized spacial score (nSPS) is 15.2. The van der Waals surface area contributed by atoms with Crippen molar-refractivity contribution < 1.29 is 8.42 Å². The highest BCUT2D eigenvalue weighted by Gasteiger charge is 2.23. The second-order valence-corrected chi connectivity index (χ2v) is 6.37. The average molecular weight is 284 g/mol. The summed E-state index contributed by atoms with van der Waals surface area (Å²) in [6, 6.07) is 7.49. The molecule has 0 radical (unpaired) electrons. The molecule has 1 aromatic carbocycles. The predicted molar refractivity (Wildman–Crippen MR) is 78.9 cm³/mol. The zero-order valence-corrected chi connectivity index (χ0v) is 12.9. The van der Waals surface area contributed by atoms with Crippen LogP contribution in [-0.2, 0) is 10.0 Å². The summed E-state index contributed by atoms with van der Waals surface area (Å²) in [7, 11) is -1.50. The first kappa shape index (κ1) is 16.1. The quantitative estimate of drug-likeness (QED) is 0.806. The number of hydrogen-bond acceptors (Lipinski definition) is 3. The van der Waals surface area contributed by atoms with E-state index in [1.165, 1.54) is 0 Å². The standard InChI is InChI=1S/C14H24N2O2S/c1-5-13(15-4)11(3)12-9-7-8-10-14(12)19(17,18)16-6-2/h7-11,13,15-16H,5-6H2,1-4H3. The van der Waals surface area contributed by atoms with E-state index in [1.807, 2.05) is 19.2 Å². The molecule has 5 heteroatoms. The van der Waals surface area contributed by atoms with Gasteiger partial charge in [-0.2, -0.15) is 0 Å². The summed E-state index contributed by atoms with van der Waals surface area (Å²) < 4.78 is 27.0. The predicted octanol–water partition coefficient (Wildman–Crippen LogP) is 2.09. The SMILES string of the molecule is CCNS(=O)(=O)c1ccccc1C(C)C(CC)NC. The van der Waals surface area contributed by atoms with E-state index in [0.717, 1.165) is 12.0 Å². The molecule has 0 aliphatic heterocycles. The lowest BCUT2D eigenvalue weighted by Crippen LogP contribution is -2.32. The van der Waals surface area contributed by atoms with Gasteiger partial charge in [-0.1, -0.05) is 39.0 Å². The minimum absolute atomic E-state index is 0.139. The van der Waals surface area contributed by atoms with Crippen molar-refractivity contribution in [2.45, 2.75) is 44.0 Å². The van der Waals surface area contributed by atoms with E-state index in [9.17, 15) is 8.42 Å². The highest BCUT2D eigenvalue weighted by molar-refractivity contribution is 7.89. The van der Waals surface area contributed by atoms with Crippen LogP contribution in [0.3, 0.4) is 0 Å². The summed E-state index contributed by atoms with van der Waals surface area (Å²) in [5.41, 5.74) is 0.865.